The van der Waals surface area contributed by atoms with Gasteiger partial charge in [-0.25, -0.2) is 0 Å². The van der Waals surface area contributed by atoms with Crippen LogP contribution in [0.1, 0.15) is 75.0 Å². The summed E-state index contributed by atoms with van der Waals surface area (Å²) in [5.41, 5.74) is 4.01. The third-order valence-electron chi connectivity index (χ3n) is 6.03. The summed E-state index contributed by atoms with van der Waals surface area (Å²) in [7, 11) is 0. The quantitative estimate of drug-likeness (QED) is 0.764. The lowest BCUT2D eigenvalue weighted by atomic mass is 9.76. The molecule has 3 rings (SSSR count). The van der Waals surface area contributed by atoms with Crippen LogP contribution >= 0.6 is 0 Å². The molecule has 2 aliphatic carbocycles. The van der Waals surface area contributed by atoms with Crippen LogP contribution in [0.4, 0.5) is 0 Å². The fourth-order valence-electron chi connectivity index (χ4n) is 4.40. The molecule has 0 aliphatic heterocycles. The van der Waals surface area contributed by atoms with E-state index in [1.54, 1.807) is 11.1 Å². The molecule has 1 aromatic carbocycles. The van der Waals surface area contributed by atoms with Crippen LogP contribution in [0.2, 0.25) is 0 Å². The number of benzene rings is 1. The van der Waals surface area contributed by atoms with Crippen molar-refractivity contribution in [3.05, 3.63) is 34.9 Å². The minimum absolute atomic E-state index is 0.497. The molecule has 0 aromatic heterocycles. The fraction of sp³-hybridized carbons (Fsp3) is 0.714. The third kappa shape index (κ3) is 4.58. The van der Waals surface area contributed by atoms with E-state index in [9.17, 15) is 5.11 Å². The van der Waals surface area contributed by atoms with E-state index >= 15 is 0 Å². The van der Waals surface area contributed by atoms with E-state index in [-0.39, 0.29) is 0 Å². The highest BCUT2D eigenvalue weighted by Gasteiger charge is 2.31. The van der Waals surface area contributed by atoms with Gasteiger partial charge in [0, 0.05) is 6.54 Å². The molecule has 1 fully saturated rings. The van der Waals surface area contributed by atoms with Crippen molar-refractivity contribution < 1.29 is 5.11 Å². The number of aliphatic hydroxyl groups is 1. The first kappa shape index (κ1) is 17.0. The maximum absolute atomic E-state index is 10.8. The van der Waals surface area contributed by atoms with E-state index in [4.69, 9.17) is 0 Å². The molecule has 0 bridgehead atoms. The van der Waals surface area contributed by atoms with E-state index in [0.29, 0.717) is 5.92 Å². The van der Waals surface area contributed by atoms with Crippen LogP contribution < -0.4 is 5.32 Å². The summed E-state index contributed by atoms with van der Waals surface area (Å²) in [6.07, 6.45) is 12.4. The molecule has 2 heteroatoms. The van der Waals surface area contributed by atoms with Crippen molar-refractivity contribution >= 4 is 0 Å². The molecule has 0 radical (unpaired) electrons. The topological polar surface area (TPSA) is 32.3 Å². The maximum atomic E-state index is 10.8. The molecule has 128 valence electrons. The number of nitrogens with one attached hydrogen (secondary N) is 1. The monoisotopic (exact) mass is 315 g/mol. The second-order valence-corrected chi connectivity index (χ2v) is 7.93. The molecule has 2 aliphatic rings. The van der Waals surface area contributed by atoms with E-state index in [2.05, 4.69) is 23.5 Å². The Morgan fingerprint density at radius 1 is 1.04 bits per heavy atom. The average Bonchev–Trinajstić information content (AvgIpc) is 2.59. The molecular formula is C21H33NO. The van der Waals surface area contributed by atoms with Gasteiger partial charge in [-0.05, 0) is 81.0 Å². The molecular weight excluding hydrogens is 282 g/mol. The summed E-state index contributed by atoms with van der Waals surface area (Å²) in [5.74, 6) is 0.502. The van der Waals surface area contributed by atoms with Crippen molar-refractivity contribution in [3.8, 4) is 0 Å². The van der Waals surface area contributed by atoms with E-state index in [1.807, 2.05) is 6.92 Å². The first-order valence-electron chi connectivity index (χ1n) is 9.69. The standard InChI is InChI=1S/C21H33NO/c1-21(23,20-9-3-2-4-10-20)13-14-22-16-17-11-12-18-7-5-6-8-19(18)15-17/h11-12,15,20,22-23H,2-10,13-14,16H2,1H3. The lowest BCUT2D eigenvalue weighted by molar-refractivity contribution is -0.0230. The lowest BCUT2D eigenvalue weighted by Crippen LogP contribution is -2.38. The van der Waals surface area contributed by atoms with Crippen LogP contribution in [0.5, 0.6) is 0 Å². The minimum atomic E-state index is -0.497. The summed E-state index contributed by atoms with van der Waals surface area (Å²) in [6, 6.07) is 6.99. The summed E-state index contributed by atoms with van der Waals surface area (Å²) < 4.78 is 0. The predicted octanol–water partition coefficient (Wildman–Crippen LogP) is 4.38. The van der Waals surface area contributed by atoms with Gasteiger partial charge >= 0.3 is 0 Å². The molecule has 1 unspecified atom stereocenters. The highest BCUT2D eigenvalue weighted by molar-refractivity contribution is 5.33. The van der Waals surface area contributed by atoms with Gasteiger partial charge in [0.1, 0.15) is 0 Å². The van der Waals surface area contributed by atoms with E-state index in [1.165, 1.54) is 63.4 Å². The summed E-state index contributed by atoms with van der Waals surface area (Å²) in [4.78, 5) is 0. The number of rotatable bonds is 6. The Bertz CT molecular complexity index is 503. The van der Waals surface area contributed by atoms with Gasteiger partial charge in [0.05, 0.1) is 5.60 Å². The summed E-state index contributed by atoms with van der Waals surface area (Å²) in [5, 5.41) is 14.3. The molecule has 0 amide bonds. The Balaban J connectivity index is 1.44. The highest BCUT2D eigenvalue weighted by Crippen LogP contribution is 2.34. The second-order valence-electron chi connectivity index (χ2n) is 7.93. The molecule has 1 aromatic rings. The summed E-state index contributed by atoms with van der Waals surface area (Å²) in [6.45, 7) is 3.87. The van der Waals surface area contributed by atoms with Crippen LogP contribution in [-0.4, -0.2) is 17.3 Å². The zero-order chi connectivity index (χ0) is 16.1. The first-order valence-corrected chi connectivity index (χ1v) is 9.69. The number of hydrogen-bond donors (Lipinski definition) is 2. The molecule has 2 N–H and O–H groups in total. The van der Waals surface area contributed by atoms with Gasteiger partial charge in [0.25, 0.3) is 0 Å². The van der Waals surface area contributed by atoms with Crippen LogP contribution in [0.3, 0.4) is 0 Å². The van der Waals surface area contributed by atoms with Crippen molar-refractivity contribution in [2.45, 2.75) is 83.3 Å². The molecule has 0 spiro atoms. The first-order chi connectivity index (χ1) is 11.1. The molecule has 0 heterocycles. The van der Waals surface area contributed by atoms with Gasteiger partial charge in [0.15, 0.2) is 0 Å². The Morgan fingerprint density at radius 2 is 1.78 bits per heavy atom. The second kappa shape index (κ2) is 7.81. The van der Waals surface area contributed by atoms with Gasteiger partial charge < -0.3 is 10.4 Å². The van der Waals surface area contributed by atoms with Crippen molar-refractivity contribution in [1.82, 2.24) is 5.32 Å². The molecule has 0 saturated heterocycles. The van der Waals surface area contributed by atoms with Crippen molar-refractivity contribution in [2.75, 3.05) is 6.54 Å². The van der Waals surface area contributed by atoms with Crippen molar-refractivity contribution in [2.24, 2.45) is 5.92 Å². The largest absolute Gasteiger partial charge is 0.390 e. The normalized spacial score (nSPS) is 21.7. The Morgan fingerprint density at radius 3 is 2.57 bits per heavy atom. The number of fused-ring (bicyclic) bond motifs is 1. The molecule has 1 atom stereocenters. The van der Waals surface area contributed by atoms with Gasteiger partial charge in [-0.2, -0.15) is 0 Å². The zero-order valence-electron chi connectivity index (χ0n) is 14.7. The summed E-state index contributed by atoms with van der Waals surface area (Å²) >= 11 is 0. The SMILES string of the molecule is CC(O)(CCNCc1ccc2c(c1)CCCC2)C1CCCCC1. The van der Waals surface area contributed by atoms with E-state index < -0.39 is 5.60 Å². The van der Waals surface area contributed by atoms with Crippen LogP contribution in [0, 0.1) is 5.92 Å². The third-order valence-corrected chi connectivity index (χ3v) is 6.03. The molecule has 2 nitrogen and oxygen atoms in total. The Hall–Kier alpha value is -0.860. The fourth-order valence-corrected chi connectivity index (χ4v) is 4.40. The highest BCUT2D eigenvalue weighted by atomic mass is 16.3. The van der Waals surface area contributed by atoms with Crippen LogP contribution in [0.15, 0.2) is 18.2 Å². The number of hydrogen-bond acceptors (Lipinski definition) is 2. The van der Waals surface area contributed by atoms with Crippen LogP contribution in [-0.2, 0) is 19.4 Å². The number of aryl methyl sites for hydroxylation is 2. The van der Waals surface area contributed by atoms with E-state index in [0.717, 1.165) is 19.5 Å². The van der Waals surface area contributed by atoms with Gasteiger partial charge in [-0.3, -0.25) is 0 Å². The maximum Gasteiger partial charge on any atom is 0.0659 e. The average molecular weight is 316 g/mol. The van der Waals surface area contributed by atoms with Crippen molar-refractivity contribution in [3.63, 3.8) is 0 Å². The van der Waals surface area contributed by atoms with Gasteiger partial charge in [-0.15, -0.1) is 0 Å². The minimum Gasteiger partial charge on any atom is -0.390 e. The van der Waals surface area contributed by atoms with Crippen molar-refractivity contribution in [1.29, 1.82) is 0 Å². The van der Waals surface area contributed by atoms with Crippen LogP contribution in [0.25, 0.3) is 0 Å². The zero-order valence-corrected chi connectivity index (χ0v) is 14.7. The smallest absolute Gasteiger partial charge is 0.0659 e. The Kier molecular flexibility index (Phi) is 5.76. The lowest BCUT2D eigenvalue weighted by Gasteiger charge is -2.35. The molecule has 23 heavy (non-hydrogen) atoms. The van der Waals surface area contributed by atoms with Gasteiger partial charge in [0.2, 0.25) is 0 Å². The Labute approximate surface area is 141 Å². The molecule has 1 saturated carbocycles. The van der Waals surface area contributed by atoms with Gasteiger partial charge in [-0.1, -0.05) is 37.5 Å². The predicted molar refractivity (Wildman–Crippen MR) is 96.6 cm³/mol.